The number of aryl methyl sites for hydroxylation is 2. The summed E-state index contributed by atoms with van der Waals surface area (Å²) in [4.78, 5) is 9.03. The van der Waals surface area contributed by atoms with E-state index in [0.717, 1.165) is 11.4 Å². The number of hydrogen-bond acceptors (Lipinski definition) is 3. The summed E-state index contributed by atoms with van der Waals surface area (Å²) < 4.78 is 0. The van der Waals surface area contributed by atoms with Gasteiger partial charge in [-0.3, -0.25) is 0 Å². The van der Waals surface area contributed by atoms with Crippen LogP contribution in [-0.4, -0.2) is 9.97 Å². The molecule has 1 aliphatic carbocycles. The van der Waals surface area contributed by atoms with Gasteiger partial charge in [-0.25, -0.2) is 9.97 Å². The Hall–Kier alpha value is -1.90. The Balaban J connectivity index is 0.00000133. The summed E-state index contributed by atoms with van der Waals surface area (Å²) in [5, 5.41) is 3.27. The van der Waals surface area contributed by atoms with Crippen LogP contribution in [0.1, 0.15) is 37.1 Å². The largest absolute Gasteiger partial charge is 0.324 e. The van der Waals surface area contributed by atoms with Gasteiger partial charge in [0.15, 0.2) is 0 Å². The summed E-state index contributed by atoms with van der Waals surface area (Å²) >= 11 is 0. The van der Waals surface area contributed by atoms with E-state index in [2.05, 4.69) is 52.5 Å². The van der Waals surface area contributed by atoms with E-state index in [0.29, 0.717) is 11.9 Å². The van der Waals surface area contributed by atoms with E-state index in [9.17, 15) is 0 Å². The molecule has 2 aromatic rings. The molecule has 0 spiro atoms. The molecule has 1 aliphatic rings. The number of anilines is 2. The maximum Gasteiger partial charge on any atom is 0.227 e. The molecule has 94 valence electrons. The molecule has 1 fully saturated rings. The number of benzene rings is 1. The first kappa shape index (κ1) is 11.2. The lowest BCUT2D eigenvalue weighted by Gasteiger charge is -2.08. The van der Waals surface area contributed by atoms with E-state index in [1.54, 1.807) is 0 Å². The van der Waals surface area contributed by atoms with E-state index >= 15 is 0 Å². The van der Waals surface area contributed by atoms with E-state index < -0.39 is 0 Å². The van der Waals surface area contributed by atoms with Gasteiger partial charge in [0.05, 0.1) is 0 Å². The van der Waals surface area contributed by atoms with Crippen LogP contribution in [-0.2, 0) is 0 Å². The first-order valence-electron chi connectivity index (χ1n) is 6.40. The van der Waals surface area contributed by atoms with E-state index in [1.165, 1.54) is 24.1 Å². The molecule has 1 aromatic heterocycles. The Morgan fingerprint density at radius 2 is 1.83 bits per heavy atom. The van der Waals surface area contributed by atoms with Gasteiger partial charge in [0.1, 0.15) is 0 Å². The Labute approximate surface area is 109 Å². The molecule has 0 unspecified atom stereocenters. The molecule has 0 aliphatic heterocycles. The van der Waals surface area contributed by atoms with Crippen LogP contribution < -0.4 is 5.32 Å². The maximum atomic E-state index is 4.59. The zero-order valence-corrected chi connectivity index (χ0v) is 10.8. The van der Waals surface area contributed by atoms with Gasteiger partial charge < -0.3 is 5.32 Å². The molecule has 1 N–H and O–H groups in total. The first-order chi connectivity index (χ1) is 8.70. The summed E-state index contributed by atoms with van der Waals surface area (Å²) in [6.07, 6.45) is 2.53. The third-order valence-corrected chi connectivity index (χ3v) is 3.18. The smallest absolute Gasteiger partial charge is 0.227 e. The van der Waals surface area contributed by atoms with Gasteiger partial charge in [-0.05, 0) is 44.9 Å². The SMILES string of the molecule is Cc1ccc(Nc2nc(C)cc(C3CC3)n2)cc1.[HH]. The van der Waals surface area contributed by atoms with Crippen molar-refractivity contribution >= 4 is 11.6 Å². The van der Waals surface area contributed by atoms with Crippen molar-refractivity contribution in [1.29, 1.82) is 0 Å². The molecular weight excluding hydrogens is 222 g/mol. The predicted octanol–water partition coefficient (Wildman–Crippen LogP) is 3.96. The minimum atomic E-state index is 0. The third-order valence-electron chi connectivity index (χ3n) is 3.18. The van der Waals surface area contributed by atoms with Crippen molar-refractivity contribution in [1.82, 2.24) is 9.97 Å². The Kier molecular flexibility index (Phi) is 2.74. The fraction of sp³-hybridized carbons (Fsp3) is 0.333. The van der Waals surface area contributed by atoms with Crippen LogP contribution in [0.4, 0.5) is 11.6 Å². The second-order valence-electron chi connectivity index (χ2n) is 5.02. The lowest BCUT2D eigenvalue weighted by atomic mass is 10.2. The van der Waals surface area contributed by atoms with Crippen molar-refractivity contribution in [3.8, 4) is 0 Å². The molecule has 0 amide bonds. The second kappa shape index (κ2) is 4.41. The molecule has 0 bridgehead atoms. The van der Waals surface area contributed by atoms with E-state index in [1.807, 2.05) is 6.92 Å². The molecule has 3 heteroatoms. The monoisotopic (exact) mass is 241 g/mol. The highest BCUT2D eigenvalue weighted by Crippen LogP contribution is 2.39. The molecular formula is C15H19N3. The van der Waals surface area contributed by atoms with Crippen LogP contribution in [0.15, 0.2) is 30.3 Å². The summed E-state index contributed by atoms with van der Waals surface area (Å²) in [6.45, 7) is 4.10. The van der Waals surface area contributed by atoms with Gasteiger partial charge in [0.2, 0.25) is 5.95 Å². The Morgan fingerprint density at radius 1 is 1.11 bits per heavy atom. The molecule has 3 rings (SSSR count). The molecule has 0 saturated heterocycles. The topological polar surface area (TPSA) is 37.8 Å². The van der Waals surface area contributed by atoms with Gasteiger partial charge in [-0.15, -0.1) is 0 Å². The van der Waals surface area contributed by atoms with Gasteiger partial charge in [0, 0.05) is 24.4 Å². The van der Waals surface area contributed by atoms with Gasteiger partial charge in [-0.1, -0.05) is 17.7 Å². The zero-order valence-electron chi connectivity index (χ0n) is 10.8. The van der Waals surface area contributed by atoms with Crippen LogP contribution in [0, 0.1) is 13.8 Å². The molecule has 1 heterocycles. The minimum Gasteiger partial charge on any atom is -0.324 e. The number of hydrogen-bond donors (Lipinski definition) is 1. The standard InChI is InChI=1S/C15H17N3.H2/c1-10-3-7-13(8-4-10)17-15-16-11(2)9-14(18-15)12-5-6-12;/h3-4,7-9,12H,5-6H2,1-2H3,(H,16,17,18);1H. The fourth-order valence-corrected chi connectivity index (χ4v) is 2.00. The van der Waals surface area contributed by atoms with Crippen LogP contribution in [0.5, 0.6) is 0 Å². The number of rotatable bonds is 3. The number of nitrogens with one attached hydrogen (secondary N) is 1. The first-order valence-corrected chi connectivity index (χ1v) is 6.40. The lowest BCUT2D eigenvalue weighted by molar-refractivity contribution is 0.972. The Morgan fingerprint density at radius 3 is 2.50 bits per heavy atom. The van der Waals surface area contributed by atoms with Crippen molar-refractivity contribution in [2.75, 3.05) is 5.32 Å². The minimum absolute atomic E-state index is 0. The maximum absolute atomic E-state index is 4.59. The fourth-order valence-electron chi connectivity index (χ4n) is 2.00. The number of aromatic nitrogens is 2. The van der Waals surface area contributed by atoms with Crippen LogP contribution in [0.2, 0.25) is 0 Å². The average molecular weight is 241 g/mol. The molecule has 3 nitrogen and oxygen atoms in total. The third kappa shape index (κ3) is 2.50. The van der Waals surface area contributed by atoms with Crippen molar-refractivity contribution < 1.29 is 1.43 Å². The predicted molar refractivity (Wildman–Crippen MR) is 75.3 cm³/mol. The van der Waals surface area contributed by atoms with E-state index in [-0.39, 0.29) is 1.43 Å². The lowest BCUT2D eigenvalue weighted by Crippen LogP contribution is -2.01. The van der Waals surface area contributed by atoms with Crippen molar-refractivity contribution in [2.45, 2.75) is 32.6 Å². The average Bonchev–Trinajstić information content (AvgIpc) is 3.15. The molecule has 1 saturated carbocycles. The quantitative estimate of drug-likeness (QED) is 0.883. The number of nitrogens with zero attached hydrogens (tertiary/aromatic N) is 2. The van der Waals surface area contributed by atoms with Crippen LogP contribution >= 0.6 is 0 Å². The van der Waals surface area contributed by atoms with E-state index in [4.69, 9.17) is 0 Å². The zero-order chi connectivity index (χ0) is 12.5. The van der Waals surface area contributed by atoms with Crippen molar-refractivity contribution in [2.24, 2.45) is 0 Å². The van der Waals surface area contributed by atoms with Crippen LogP contribution in [0.25, 0.3) is 0 Å². The molecule has 1 aromatic carbocycles. The van der Waals surface area contributed by atoms with Gasteiger partial charge in [-0.2, -0.15) is 0 Å². The molecule has 0 atom stereocenters. The summed E-state index contributed by atoms with van der Waals surface area (Å²) in [5.74, 6) is 1.37. The molecule has 0 radical (unpaired) electrons. The van der Waals surface area contributed by atoms with Gasteiger partial charge >= 0.3 is 0 Å². The second-order valence-corrected chi connectivity index (χ2v) is 5.02. The van der Waals surface area contributed by atoms with Crippen molar-refractivity contribution in [3.63, 3.8) is 0 Å². The van der Waals surface area contributed by atoms with Crippen LogP contribution in [0.3, 0.4) is 0 Å². The van der Waals surface area contributed by atoms with Crippen molar-refractivity contribution in [3.05, 3.63) is 47.3 Å². The summed E-state index contributed by atoms with van der Waals surface area (Å²) in [7, 11) is 0. The highest BCUT2D eigenvalue weighted by Gasteiger charge is 2.25. The summed E-state index contributed by atoms with van der Waals surface area (Å²) in [6, 6.07) is 10.4. The highest BCUT2D eigenvalue weighted by molar-refractivity contribution is 5.53. The molecule has 18 heavy (non-hydrogen) atoms. The van der Waals surface area contributed by atoms with Gasteiger partial charge in [0.25, 0.3) is 0 Å². The Bertz CT molecular complexity index is 562. The highest BCUT2D eigenvalue weighted by atomic mass is 15.1. The summed E-state index contributed by atoms with van der Waals surface area (Å²) in [5.41, 5.74) is 4.50. The normalized spacial score (nSPS) is 14.6.